The van der Waals surface area contributed by atoms with Crippen LogP contribution in [0.1, 0.15) is 26.5 Å². The molecule has 0 spiro atoms. The zero-order chi connectivity index (χ0) is 14.2. The van der Waals surface area contributed by atoms with E-state index in [1.54, 1.807) is 12.1 Å². The van der Waals surface area contributed by atoms with E-state index in [4.69, 9.17) is 21.9 Å². The summed E-state index contributed by atoms with van der Waals surface area (Å²) in [5, 5.41) is 4.03. The first-order valence-corrected chi connectivity index (χ1v) is 6.36. The fraction of sp³-hybridized carbons (Fsp3) is 0.357. The van der Waals surface area contributed by atoms with Crippen molar-refractivity contribution in [1.82, 2.24) is 5.16 Å². The van der Waals surface area contributed by atoms with Crippen molar-refractivity contribution in [3.05, 3.63) is 34.8 Å². The molecule has 0 unspecified atom stereocenters. The molecule has 5 heteroatoms. The normalized spacial score (nSPS) is 11.8. The second-order valence-corrected chi connectivity index (χ2v) is 6.11. The number of aromatic nitrogens is 1. The number of nitrogens with two attached hydrogens (primary N) is 1. The second-order valence-electron chi connectivity index (χ2n) is 5.70. The molecule has 1 aromatic heterocycles. The lowest BCUT2D eigenvalue weighted by atomic mass is 9.88. The van der Waals surface area contributed by atoms with Crippen LogP contribution < -0.4 is 5.73 Å². The van der Waals surface area contributed by atoms with Gasteiger partial charge >= 0.3 is 0 Å². The van der Waals surface area contributed by atoms with Crippen LogP contribution in [0.5, 0.6) is 0 Å². The molecule has 2 aromatic rings. The predicted octanol–water partition coefficient (Wildman–Crippen LogP) is 4.30. The Morgan fingerprint density at radius 2 is 2.00 bits per heavy atom. The van der Waals surface area contributed by atoms with E-state index in [2.05, 4.69) is 25.9 Å². The quantitative estimate of drug-likeness (QED) is 0.893. The summed E-state index contributed by atoms with van der Waals surface area (Å²) in [7, 11) is 0. The molecule has 0 saturated carbocycles. The average molecular weight is 283 g/mol. The van der Waals surface area contributed by atoms with Gasteiger partial charge in [0.15, 0.2) is 5.82 Å². The largest absolute Gasteiger partial charge is 0.380 e. The van der Waals surface area contributed by atoms with Crippen LogP contribution in [-0.2, 0) is 6.42 Å². The lowest BCUT2D eigenvalue weighted by Crippen LogP contribution is -2.09. The highest BCUT2D eigenvalue weighted by atomic mass is 35.5. The van der Waals surface area contributed by atoms with Crippen LogP contribution in [-0.4, -0.2) is 5.16 Å². The minimum atomic E-state index is -0.433. The maximum Gasteiger partial charge on any atom is 0.175 e. The summed E-state index contributed by atoms with van der Waals surface area (Å²) in [6.07, 6.45) is 0.594. The van der Waals surface area contributed by atoms with Gasteiger partial charge in [0.2, 0.25) is 0 Å². The summed E-state index contributed by atoms with van der Waals surface area (Å²) >= 11 is 6.07. The molecular weight excluding hydrogens is 267 g/mol. The third-order valence-electron chi connectivity index (χ3n) is 2.69. The Kier molecular flexibility index (Phi) is 3.54. The van der Waals surface area contributed by atoms with E-state index < -0.39 is 5.82 Å². The Morgan fingerprint density at radius 1 is 1.32 bits per heavy atom. The zero-order valence-electron chi connectivity index (χ0n) is 11.1. The Bertz CT molecular complexity index is 582. The molecule has 0 aliphatic heterocycles. The van der Waals surface area contributed by atoms with Gasteiger partial charge in [0, 0.05) is 12.0 Å². The molecule has 0 aliphatic rings. The molecule has 0 amide bonds. The van der Waals surface area contributed by atoms with Crippen molar-refractivity contribution in [2.45, 2.75) is 27.2 Å². The summed E-state index contributed by atoms with van der Waals surface area (Å²) in [5.74, 6) is 0.279. The third-order valence-corrected chi connectivity index (χ3v) is 3.01. The monoisotopic (exact) mass is 282 g/mol. The van der Waals surface area contributed by atoms with Crippen LogP contribution in [0.15, 0.2) is 22.7 Å². The highest BCUT2D eigenvalue weighted by Crippen LogP contribution is 2.38. The standard InChI is InChI=1S/C14H16ClFN2O/c1-14(2,3)7-10-12(13(17)18-19-10)11-8(15)5-4-6-9(11)16/h4-6H,7H2,1-3H3,(H2,17,18). The van der Waals surface area contributed by atoms with Crippen LogP contribution in [0.4, 0.5) is 10.2 Å². The molecule has 0 radical (unpaired) electrons. The van der Waals surface area contributed by atoms with E-state index in [-0.39, 0.29) is 16.8 Å². The summed E-state index contributed by atoms with van der Waals surface area (Å²) in [5.41, 5.74) is 6.48. The van der Waals surface area contributed by atoms with Crippen LogP contribution in [0, 0.1) is 11.2 Å². The molecule has 1 heterocycles. The van der Waals surface area contributed by atoms with Gasteiger partial charge in [-0.2, -0.15) is 0 Å². The van der Waals surface area contributed by atoms with Crippen molar-refractivity contribution < 1.29 is 8.91 Å². The highest BCUT2D eigenvalue weighted by molar-refractivity contribution is 6.33. The summed E-state index contributed by atoms with van der Waals surface area (Å²) in [6.45, 7) is 6.16. The molecule has 2 N–H and O–H groups in total. The van der Waals surface area contributed by atoms with Gasteiger partial charge in [-0.1, -0.05) is 43.6 Å². The number of benzene rings is 1. The van der Waals surface area contributed by atoms with Crippen LogP contribution in [0.3, 0.4) is 0 Å². The molecule has 1 aromatic carbocycles. The molecule has 3 nitrogen and oxygen atoms in total. The maximum absolute atomic E-state index is 14.0. The minimum Gasteiger partial charge on any atom is -0.380 e. The molecule has 0 bridgehead atoms. The number of nitrogen functional groups attached to an aromatic ring is 1. The van der Waals surface area contributed by atoms with E-state index >= 15 is 0 Å². The van der Waals surface area contributed by atoms with Crippen molar-refractivity contribution >= 4 is 17.4 Å². The predicted molar refractivity (Wildman–Crippen MR) is 74.5 cm³/mol. The van der Waals surface area contributed by atoms with E-state index in [1.807, 2.05) is 0 Å². The third kappa shape index (κ3) is 2.89. The van der Waals surface area contributed by atoms with E-state index in [0.717, 1.165) is 0 Å². The van der Waals surface area contributed by atoms with Crippen LogP contribution in [0.25, 0.3) is 11.1 Å². The second kappa shape index (κ2) is 4.85. The van der Waals surface area contributed by atoms with Gasteiger partial charge in [-0.05, 0) is 17.5 Å². The Balaban J connectivity index is 2.59. The van der Waals surface area contributed by atoms with Gasteiger partial charge in [-0.25, -0.2) is 4.39 Å². The first-order valence-electron chi connectivity index (χ1n) is 5.98. The Morgan fingerprint density at radius 3 is 2.58 bits per heavy atom. The van der Waals surface area contributed by atoms with E-state index in [9.17, 15) is 4.39 Å². The number of hydrogen-bond donors (Lipinski definition) is 1. The zero-order valence-corrected chi connectivity index (χ0v) is 11.9. The Hall–Kier alpha value is -1.55. The smallest absolute Gasteiger partial charge is 0.175 e. The van der Waals surface area contributed by atoms with Crippen molar-refractivity contribution in [3.63, 3.8) is 0 Å². The fourth-order valence-electron chi connectivity index (χ4n) is 1.94. The van der Waals surface area contributed by atoms with Gasteiger partial charge in [-0.15, -0.1) is 0 Å². The first-order chi connectivity index (χ1) is 8.79. The SMILES string of the molecule is CC(C)(C)Cc1onc(N)c1-c1c(F)cccc1Cl. The van der Waals surface area contributed by atoms with Crippen molar-refractivity contribution in [3.8, 4) is 11.1 Å². The molecule has 0 aliphatic carbocycles. The van der Waals surface area contributed by atoms with Crippen molar-refractivity contribution in [2.24, 2.45) is 5.41 Å². The van der Waals surface area contributed by atoms with Crippen LogP contribution in [0.2, 0.25) is 5.02 Å². The maximum atomic E-state index is 14.0. The van der Waals surface area contributed by atoms with Crippen molar-refractivity contribution in [2.75, 3.05) is 5.73 Å². The molecule has 102 valence electrons. The van der Waals surface area contributed by atoms with E-state index in [0.29, 0.717) is 22.8 Å². The average Bonchev–Trinajstić information content (AvgIpc) is 2.59. The number of rotatable bonds is 2. The molecule has 2 rings (SSSR count). The summed E-state index contributed by atoms with van der Waals surface area (Å²) in [4.78, 5) is 0. The van der Waals surface area contributed by atoms with Gasteiger partial charge in [0.05, 0.1) is 10.6 Å². The molecule has 0 saturated heterocycles. The molecular formula is C14H16ClFN2O. The summed E-state index contributed by atoms with van der Waals surface area (Å²) in [6, 6.07) is 4.51. The van der Waals surface area contributed by atoms with Gasteiger partial charge in [0.25, 0.3) is 0 Å². The lowest BCUT2D eigenvalue weighted by molar-refractivity contribution is 0.322. The topological polar surface area (TPSA) is 52.0 Å². The van der Waals surface area contributed by atoms with Gasteiger partial charge < -0.3 is 10.3 Å². The molecule has 19 heavy (non-hydrogen) atoms. The first kappa shape index (κ1) is 13.9. The molecule has 0 atom stereocenters. The summed E-state index contributed by atoms with van der Waals surface area (Å²) < 4.78 is 19.2. The van der Waals surface area contributed by atoms with Gasteiger partial charge in [-0.3, -0.25) is 0 Å². The molecule has 0 fully saturated rings. The van der Waals surface area contributed by atoms with Crippen LogP contribution >= 0.6 is 11.6 Å². The minimum absolute atomic E-state index is 0.0293. The number of nitrogens with zero attached hydrogens (tertiary/aromatic N) is 1. The number of anilines is 1. The lowest BCUT2D eigenvalue weighted by Gasteiger charge is -2.16. The number of hydrogen-bond acceptors (Lipinski definition) is 3. The Labute approximate surface area is 116 Å². The number of halogens is 2. The fourth-order valence-corrected chi connectivity index (χ4v) is 2.20. The van der Waals surface area contributed by atoms with E-state index in [1.165, 1.54) is 6.07 Å². The highest BCUT2D eigenvalue weighted by Gasteiger charge is 2.25. The van der Waals surface area contributed by atoms with Crippen molar-refractivity contribution in [1.29, 1.82) is 0 Å². The van der Waals surface area contributed by atoms with Gasteiger partial charge in [0.1, 0.15) is 11.6 Å².